The van der Waals surface area contributed by atoms with Crippen LogP contribution in [0.4, 0.5) is 4.39 Å². The van der Waals surface area contributed by atoms with E-state index in [-0.39, 0.29) is 5.56 Å². The van der Waals surface area contributed by atoms with Crippen LogP contribution in [0.3, 0.4) is 0 Å². The van der Waals surface area contributed by atoms with E-state index in [1.807, 2.05) is 12.1 Å². The van der Waals surface area contributed by atoms with Crippen LogP contribution in [0.25, 0.3) is 10.8 Å². The van der Waals surface area contributed by atoms with E-state index in [4.69, 9.17) is 5.26 Å². The van der Waals surface area contributed by atoms with Gasteiger partial charge in [-0.05, 0) is 67.3 Å². The van der Waals surface area contributed by atoms with E-state index < -0.39 is 5.82 Å². The molecular weight excluding hydrogens is 369 g/mol. The van der Waals surface area contributed by atoms with Gasteiger partial charge in [0.1, 0.15) is 11.9 Å². The van der Waals surface area contributed by atoms with Crippen LogP contribution in [0, 0.1) is 34.9 Å². The Balaban J connectivity index is 1.52. The number of benzene rings is 3. The maximum Gasteiger partial charge on any atom is 0.148 e. The molecule has 0 bridgehead atoms. The zero-order valence-corrected chi connectivity index (χ0v) is 17.4. The van der Waals surface area contributed by atoms with E-state index in [9.17, 15) is 4.39 Å². The maximum absolute atomic E-state index is 14.4. The third-order valence-corrected chi connectivity index (χ3v) is 6.38. The van der Waals surface area contributed by atoms with Crippen LogP contribution in [0.1, 0.15) is 73.6 Å². The summed E-state index contributed by atoms with van der Waals surface area (Å²) < 4.78 is 14.4. The minimum atomic E-state index is -0.475. The lowest BCUT2D eigenvalue weighted by Crippen LogP contribution is -2.13. The maximum atomic E-state index is 14.4. The van der Waals surface area contributed by atoms with Crippen molar-refractivity contribution in [1.29, 1.82) is 5.26 Å². The summed E-state index contributed by atoms with van der Waals surface area (Å²) in [5.74, 6) is 7.53. The monoisotopic (exact) mass is 395 g/mol. The van der Waals surface area contributed by atoms with Gasteiger partial charge in [0.15, 0.2) is 0 Å². The summed E-state index contributed by atoms with van der Waals surface area (Å²) >= 11 is 0. The van der Waals surface area contributed by atoms with Gasteiger partial charge >= 0.3 is 0 Å². The number of hydrogen-bond acceptors (Lipinski definition) is 1. The summed E-state index contributed by atoms with van der Waals surface area (Å²) in [5.41, 5.74) is 3.22. The molecule has 1 aliphatic carbocycles. The number of hydrogen-bond donors (Lipinski definition) is 0. The molecule has 0 N–H and O–H groups in total. The van der Waals surface area contributed by atoms with Crippen LogP contribution < -0.4 is 0 Å². The molecule has 1 fully saturated rings. The fourth-order valence-corrected chi connectivity index (χ4v) is 4.69. The summed E-state index contributed by atoms with van der Waals surface area (Å²) in [4.78, 5) is 0. The molecule has 3 aromatic rings. The Hall–Kier alpha value is -3.10. The van der Waals surface area contributed by atoms with Gasteiger partial charge in [0.05, 0.1) is 5.56 Å². The van der Waals surface area contributed by atoms with Crippen molar-refractivity contribution >= 4 is 10.8 Å². The second-order valence-electron chi connectivity index (χ2n) is 8.32. The van der Waals surface area contributed by atoms with Gasteiger partial charge in [0.25, 0.3) is 0 Å². The second-order valence-corrected chi connectivity index (χ2v) is 8.32. The van der Waals surface area contributed by atoms with Gasteiger partial charge in [-0.25, -0.2) is 4.39 Å². The van der Waals surface area contributed by atoms with Crippen molar-refractivity contribution in [3.63, 3.8) is 0 Å². The molecule has 0 unspecified atom stereocenters. The van der Waals surface area contributed by atoms with Crippen molar-refractivity contribution in [1.82, 2.24) is 0 Å². The van der Waals surface area contributed by atoms with Crippen LogP contribution in [0.5, 0.6) is 0 Å². The Bertz CT molecular complexity index is 1130. The third kappa shape index (κ3) is 4.24. The molecular formula is C28H26FN. The van der Waals surface area contributed by atoms with Gasteiger partial charge in [-0.1, -0.05) is 61.9 Å². The van der Waals surface area contributed by atoms with E-state index in [1.165, 1.54) is 50.2 Å². The summed E-state index contributed by atoms with van der Waals surface area (Å²) in [7, 11) is 0. The zero-order valence-electron chi connectivity index (χ0n) is 17.4. The zero-order chi connectivity index (χ0) is 20.9. The largest absolute Gasteiger partial charge is 0.205 e. The first kappa shape index (κ1) is 20.2. The number of nitriles is 1. The molecule has 1 aliphatic rings. The van der Waals surface area contributed by atoms with E-state index in [0.717, 1.165) is 22.4 Å². The fraction of sp³-hybridized carbons (Fsp3) is 0.321. The highest BCUT2D eigenvalue weighted by atomic mass is 19.1. The Labute approximate surface area is 178 Å². The Kier molecular flexibility index (Phi) is 6.15. The molecule has 0 saturated heterocycles. The second kappa shape index (κ2) is 9.15. The lowest BCUT2D eigenvalue weighted by molar-refractivity contribution is 0.308. The van der Waals surface area contributed by atoms with Gasteiger partial charge in [0, 0.05) is 21.9 Å². The van der Waals surface area contributed by atoms with Crippen LogP contribution in [0.15, 0.2) is 54.6 Å². The third-order valence-electron chi connectivity index (χ3n) is 6.38. The molecule has 0 heterocycles. The molecule has 0 atom stereocenters. The van der Waals surface area contributed by atoms with E-state index in [0.29, 0.717) is 11.3 Å². The summed E-state index contributed by atoms with van der Waals surface area (Å²) in [6, 6.07) is 19.2. The first-order valence-electron chi connectivity index (χ1n) is 10.9. The minimum Gasteiger partial charge on any atom is -0.205 e. The van der Waals surface area contributed by atoms with E-state index in [1.54, 1.807) is 18.2 Å². The Morgan fingerprint density at radius 3 is 2.33 bits per heavy atom. The number of nitrogens with zero attached hydrogens (tertiary/aromatic N) is 1. The first-order chi connectivity index (χ1) is 14.7. The lowest BCUT2D eigenvalue weighted by Gasteiger charge is -2.28. The number of halogens is 1. The Morgan fingerprint density at radius 1 is 0.867 bits per heavy atom. The number of rotatable bonds is 3. The molecule has 0 amide bonds. The summed E-state index contributed by atoms with van der Waals surface area (Å²) in [5, 5.41) is 10.2. The van der Waals surface area contributed by atoms with Crippen molar-refractivity contribution in [2.45, 2.75) is 51.4 Å². The summed E-state index contributed by atoms with van der Waals surface area (Å²) in [6.45, 7) is 2.28. The first-order valence-corrected chi connectivity index (χ1v) is 10.9. The van der Waals surface area contributed by atoms with Crippen LogP contribution in [0.2, 0.25) is 0 Å². The highest BCUT2D eigenvalue weighted by Crippen LogP contribution is 2.37. The van der Waals surface area contributed by atoms with E-state index >= 15 is 0 Å². The standard InChI is InChI=1S/C28H26FN/c1-2-4-20-7-12-22(13-8-20)23-14-9-21(10-15-23)11-16-24-5-3-6-27-26(24)18-17-25(19-30)28(27)29/h3,5-6,9-10,14-15,17-18,20,22H,2,4,7-8,12-13H2,1H3. The van der Waals surface area contributed by atoms with Crippen LogP contribution in [-0.2, 0) is 0 Å². The molecule has 2 heteroatoms. The summed E-state index contributed by atoms with van der Waals surface area (Å²) in [6.07, 6.45) is 7.96. The normalized spacial score (nSPS) is 18.4. The molecule has 30 heavy (non-hydrogen) atoms. The van der Waals surface area contributed by atoms with E-state index in [2.05, 4.69) is 43.0 Å². The topological polar surface area (TPSA) is 23.8 Å². The average Bonchev–Trinajstić information content (AvgIpc) is 2.79. The predicted octanol–water partition coefficient (Wildman–Crippen LogP) is 7.32. The van der Waals surface area contributed by atoms with Gasteiger partial charge in [-0.2, -0.15) is 5.26 Å². The molecule has 150 valence electrons. The molecule has 1 saturated carbocycles. The fourth-order valence-electron chi connectivity index (χ4n) is 4.69. The van der Waals surface area contributed by atoms with Crippen LogP contribution >= 0.6 is 0 Å². The van der Waals surface area contributed by atoms with Crippen molar-refractivity contribution in [3.05, 3.63) is 82.7 Å². The molecule has 0 radical (unpaired) electrons. The smallest absolute Gasteiger partial charge is 0.148 e. The van der Waals surface area contributed by atoms with Gasteiger partial charge in [0.2, 0.25) is 0 Å². The quantitative estimate of drug-likeness (QED) is 0.426. The number of fused-ring (bicyclic) bond motifs is 1. The van der Waals surface area contributed by atoms with Gasteiger partial charge in [-0.3, -0.25) is 0 Å². The van der Waals surface area contributed by atoms with Crippen molar-refractivity contribution in [2.75, 3.05) is 0 Å². The van der Waals surface area contributed by atoms with Gasteiger partial charge in [-0.15, -0.1) is 0 Å². The lowest BCUT2D eigenvalue weighted by atomic mass is 9.77. The SMILES string of the molecule is CCCC1CCC(c2ccc(C#Cc3cccc4c(F)c(C#N)ccc34)cc2)CC1. The molecule has 0 aromatic heterocycles. The predicted molar refractivity (Wildman–Crippen MR) is 121 cm³/mol. The van der Waals surface area contributed by atoms with Crippen LogP contribution in [-0.4, -0.2) is 0 Å². The van der Waals surface area contributed by atoms with Crippen molar-refractivity contribution in [3.8, 4) is 17.9 Å². The van der Waals surface area contributed by atoms with Crippen molar-refractivity contribution in [2.24, 2.45) is 5.92 Å². The van der Waals surface area contributed by atoms with Crippen molar-refractivity contribution < 1.29 is 4.39 Å². The minimum absolute atomic E-state index is 0.0620. The molecule has 1 nitrogen and oxygen atoms in total. The molecule has 0 spiro atoms. The molecule has 3 aromatic carbocycles. The highest BCUT2D eigenvalue weighted by Gasteiger charge is 2.21. The highest BCUT2D eigenvalue weighted by molar-refractivity contribution is 5.90. The Morgan fingerprint density at radius 2 is 1.63 bits per heavy atom. The molecule has 4 rings (SSSR count). The van der Waals surface area contributed by atoms with Gasteiger partial charge < -0.3 is 0 Å². The average molecular weight is 396 g/mol. The molecule has 0 aliphatic heterocycles.